The maximum atomic E-state index is 13.5. The molecule has 1 aliphatic carbocycles. The number of hydrogen-bond donors (Lipinski definition) is 2. The number of rotatable bonds is 3. The summed E-state index contributed by atoms with van der Waals surface area (Å²) in [4.78, 5) is 39.9. The van der Waals surface area contributed by atoms with Gasteiger partial charge in [-0.05, 0) is 61.8 Å². The molecule has 2 amide bonds. The molecule has 1 unspecified atom stereocenters. The number of nitrogens with zero attached hydrogens (tertiary/aromatic N) is 5. The molecule has 2 N–H and O–H groups in total. The summed E-state index contributed by atoms with van der Waals surface area (Å²) >= 11 is 1.80. The monoisotopic (exact) mass is 529 g/mol. The predicted molar refractivity (Wildman–Crippen MR) is 147 cm³/mol. The van der Waals surface area contributed by atoms with E-state index >= 15 is 0 Å². The van der Waals surface area contributed by atoms with Crippen LogP contribution in [-0.2, 0) is 9.59 Å². The summed E-state index contributed by atoms with van der Waals surface area (Å²) in [5.74, 6) is -0.296. The lowest BCUT2D eigenvalue weighted by atomic mass is 9.58. The number of carbonyl (C=O) groups is 2. The fraction of sp³-hybridized carbons (Fsp3) is 0.464. The molecular formula is C28H31N7O2S. The van der Waals surface area contributed by atoms with Gasteiger partial charge in [-0.3, -0.25) is 19.7 Å². The molecule has 1 spiro atoms. The van der Waals surface area contributed by atoms with Crippen LogP contribution in [0, 0.1) is 11.3 Å². The van der Waals surface area contributed by atoms with Crippen molar-refractivity contribution in [3.05, 3.63) is 47.4 Å². The zero-order chi connectivity index (χ0) is 26.0. The Labute approximate surface area is 224 Å². The van der Waals surface area contributed by atoms with Gasteiger partial charge in [-0.2, -0.15) is 5.10 Å². The van der Waals surface area contributed by atoms with E-state index in [0.29, 0.717) is 35.0 Å². The van der Waals surface area contributed by atoms with Gasteiger partial charge in [-0.1, -0.05) is 13.0 Å². The molecule has 3 aliphatic rings. The quantitative estimate of drug-likeness (QED) is 0.383. The van der Waals surface area contributed by atoms with E-state index in [-0.39, 0.29) is 6.04 Å². The fourth-order valence-corrected chi connectivity index (χ4v) is 7.90. The first-order valence-electron chi connectivity index (χ1n) is 13.4. The van der Waals surface area contributed by atoms with Crippen LogP contribution in [-0.4, -0.2) is 68.5 Å². The number of anilines is 1. The van der Waals surface area contributed by atoms with Crippen molar-refractivity contribution >= 4 is 50.0 Å². The van der Waals surface area contributed by atoms with Gasteiger partial charge in [0.05, 0.1) is 44.9 Å². The molecule has 1 aromatic carbocycles. The number of hydrogen-bond acceptors (Lipinski definition) is 7. The van der Waals surface area contributed by atoms with Crippen LogP contribution >= 0.6 is 11.3 Å². The zero-order valence-corrected chi connectivity index (χ0v) is 22.4. The van der Waals surface area contributed by atoms with Gasteiger partial charge in [0.15, 0.2) is 0 Å². The SMILES string of the molecule is CC1CC[C@H](c2ccc3sc(C4CC5(C4)CN(C)C5)nc3c2)N(C(=O)C(=O)Nc2cncc3cn[nH]c23)C1. The van der Waals surface area contributed by atoms with E-state index in [0.717, 1.165) is 29.3 Å². The number of fused-ring (bicyclic) bond motifs is 2. The highest BCUT2D eigenvalue weighted by molar-refractivity contribution is 7.18. The average Bonchev–Trinajstić information content (AvgIpc) is 3.52. The fourth-order valence-electron chi connectivity index (χ4n) is 6.85. The molecule has 38 heavy (non-hydrogen) atoms. The molecule has 2 saturated heterocycles. The Morgan fingerprint density at radius 3 is 2.82 bits per heavy atom. The predicted octanol–water partition coefficient (Wildman–Crippen LogP) is 4.32. The first-order valence-corrected chi connectivity index (χ1v) is 14.2. The minimum atomic E-state index is -0.662. The minimum absolute atomic E-state index is 0.155. The second-order valence-electron chi connectivity index (χ2n) is 11.7. The molecule has 3 fully saturated rings. The van der Waals surface area contributed by atoms with E-state index < -0.39 is 11.8 Å². The Morgan fingerprint density at radius 2 is 2.00 bits per heavy atom. The molecule has 2 aliphatic heterocycles. The lowest BCUT2D eigenvalue weighted by molar-refractivity contribution is -0.146. The van der Waals surface area contributed by atoms with E-state index in [2.05, 4.69) is 57.6 Å². The van der Waals surface area contributed by atoms with Gasteiger partial charge >= 0.3 is 11.8 Å². The average molecular weight is 530 g/mol. The number of aromatic amines is 1. The van der Waals surface area contributed by atoms with Gasteiger partial charge in [0, 0.05) is 37.1 Å². The zero-order valence-electron chi connectivity index (χ0n) is 21.6. The Kier molecular flexibility index (Phi) is 5.52. The van der Waals surface area contributed by atoms with Gasteiger partial charge in [0.25, 0.3) is 0 Å². The van der Waals surface area contributed by atoms with Crippen LogP contribution in [0.25, 0.3) is 21.1 Å². The maximum Gasteiger partial charge on any atom is 0.314 e. The van der Waals surface area contributed by atoms with Gasteiger partial charge in [0.2, 0.25) is 0 Å². The highest BCUT2D eigenvalue weighted by Crippen LogP contribution is 2.56. The number of amides is 2. The lowest BCUT2D eigenvalue weighted by Crippen LogP contribution is -2.59. The summed E-state index contributed by atoms with van der Waals surface area (Å²) in [7, 11) is 2.19. The smallest absolute Gasteiger partial charge is 0.314 e. The van der Waals surface area contributed by atoms with Crippen molar-refractivity contribution in [1.82, 2.24) is 30.0 Å². The standard InChI is InChI=1S/C28H31N7O2S/c1-16-3-5-22(35(13-16)27(37)25(36)31-21-12-29-10-19-11-30-33-24(19)21)17-4-6-23-20(7-17)32-26(38-23)18-8-28(9-18)14-34(2)15-28/h4,6-7,10-12,16,18,22H,3,5,8-9,13-15H2,1-2H3,(H,30,33)(H,31,36)/t16?,22-/m1/s1. The molecule has 10 heteroatoms. The highest BCUT2D eigenvalue weighted by atomic mass is 32.1. The number of likely N-dealkylation sites (tertiary alicyclic amines) is 2. The van der Waals surface area contributed by atoms with Crippen LogP contribution in [0.3, 0.4) is 0 Å². The van der Waals surface area contributed by atoms with Crippen LogP contribution in [0.15, 0.2) is 36.8 Å². The van der Waals surface area contributed by atoms with Crippen LogP contribution in [0.1, 0.15) is 55.1 Å². The number of H-pyrrole nitrogens is 1. The van der Waals surface area contributed by atoms with E-state index in [1.54, 1.807) is 28.6 Å². The van der Waals surface area contributed by atoms with Crippen molar-refractivity contribution in [3.63, 3.8) is 0 Å². The van der Waals surface area contributed by atoms with E-state index in [4.69, 9.17) is 4.98 Å². The third-order valence-corrected chi connectivity index (χ3v) is 9.81. The van der Waals surface area contributed by atoms with E-state index in [1.165, 1.54) is 41.8 Å². The Balaban J connectivity index is 1.11. The molecule has 1 saturated carbocycles. The number of nitrogens with one attached hydrogen (secondary N) is 2. The van der Waals surface area contributed by atoms with Crippen LogP contribution in [0.4, 0.5) is 5.69 Å². The first-order chi connectivity index (χ1) is 18.4. The van der Waals surface area contributed by atoms with Gasteiger partial charge in [-0.15, -0.1) is 11.3 Å². The van der Waals surface area contributed by atoms with Crippen molar-refractivity contribution < 1.29 is 9.59 Å². The number of pyridine rings is 1. The Bertz CT molecular complexity index is 1550. The van der Waals surface area contributed by atoms with Crippen molar-refractivity contribution in [2.75, 3.05) is 32.0 Å². The third kappa shape index (κ3) is 3.97. The highest BCUT2D eigenvalue weighted by Gasteiger charge is 2.52. The summed E-state index contributed by atoms with van der Waals surface area (Å²) in [5, 5.41) is 11.6. The normalized spacial score (nSPS) is 23.5. The van der Waals surface area contributed by atoms with Crippen molar-refractivity contribution in [1.29, 1.82) is 0 Å². The second-order valence-corrected chi connectivity index (χ2v) is 12.8. The number of aromatic nitrogens is 4. The molecule has 0 bridgehead atoms. The van der Waals surface area contributed by atoms with Gasteiger partial charge in [0.1, 0.15) is 0 Å². The largest absolute Gasteiger partial charge is 0.327 e. The molecule has 5 heterocycles. The Morgan fingerprint density at radius 1 is 1.16 bits per heavy atom. The molecule has 0 radical (unpaired) electrons. The third-order valence-electron chi connectivity index (χ3n) is 8.61. The minimum Gasteiger partial charge on any atom is -0.327 e. The van der Waals surface area contributed by atoms with Crippen LogP contribution in [0.5, 0.6) is 0 Å². The number of piperidine rings is 1. The molecule has 4 aromatic rings. The summed E-state index contributed by atoms with van der Waals surface area (Å²) in [6, 6.07) is 6.23. The molecule has 2 atom stereocenters. The van der Waals surface area contributed by atoms with Crippen molar-refractivity contribution in [3.8, 4) is 0 Å². The molecule has 3 aromatic heterocycles. The van der Waals surface area contributed by atoms with Gasteiger partial charge < -0.3 is 15.1 Å². The van der Waals surface area contributed by atoms with E-state index in [9.17, 15) is 9.59 Å². The number of benzene rings is 1. The molecule has 9 nitrogen and oxygen atoms in total. The Hall–Kier alpha value is -3.37. The number of carbonyl (C=O) groups excluding carboxylic acids is 2. The van der Waals surface area contributed by atoms with E-state index in [1.807, 2.05) is 0 Å². The molecular weight excluding hydrogens is 498 g/mol. The summed E-state index contributed by atoms with van der Waals surface area (Å²) < 4.78 is 1.19. The summed E-state index contributed by atoms with van der Waals surface area (Å²) in [6.07, 6.45) is 9.13. The molecule has 7 rings (SSSR count). The topological polar surface area (TPSA) is 107 Å². The molecule has 196 valence electrons. The summed E-state index contributed by atoms with van der Waals surface area (Å²) in [5.41, 5.74) is 3.67. The summed E-state index contributed by atoms with van der Waals surface area (Å²) in [6.45, 7) is 5.10. The second kappa shape index (κ2) is 8.84. The number of thiazole rings is 1. The van der Waals surface area contributed by atoms with Crippen molar-refractivity contribution in [2.24, 2.45) is 11.3 Å². The first kappa shape index (κ1) is 23.7. The van der Waals surface area contributed by atoms with Crippen molar-refractivity contribution in [2.45, 2.75) is 44.6 Å². The van der Waals surface area contributed by atoms with Crippen LogP contribution < -0.4 is 5.32 Å². The lowest BCUT2D eigenvalue weighted by Gasteiger charge is -2.58. The van der Waals surface area contributed by atoms with Crippen LogP contribution in [0.2, 0.25) is 0 Å². The van der Waals surface area contributed by atoms with Gasteiger partial charge in [-0.25, -0.2) is 4.98 Å². The maximum absolute atomic E-state index is 13.5.